The summed E-state index contributed by atoms with van der Waals surface area (Å²) in [5, 5.41) is 5.34. The molecule has 0 spiro atoms. The van der Waals surface area contributed by atoms with E-state index in [2.05, 4.69) is 10.6 Å². The van der Waals surface area contributed by atoms with Crippen molar-refractivity contribution in [3.63, 3.8) is 0 Å². The summed E-state index contributed by atoms with van der Waals surface area (Å²) in [6.45, 7) is 3.54. The molecule has 2 amide bonds. The molecule has 8 heteroatoms. The highest BCUT2D eigenvalue weighted by Crippen LogP contribution is 2.29. The summed E-state index contributed by atoms with van der Waals surface area (Å²) < 4.78 is 15.8. The lowest BCUT2D eigenvalue weighted by Gasteiger charge is -2.29. The van der Waals surface area contributed by atoms with Crippen molar-refractivity contribution in [2.24, 2.45) is 0 Å². The van der Waals surface area contributed by atoms with Crippen LogP contribution in [0.4, 0.5) is 4.79 Å². The van der Waals surface area contributed by atoms with Crippen LogP contribution in [0.5, 0.6) is 5.75 Å². The van der Waals surface area contributed by atoms with Gasteiger partial charge in [0, 0.05) is 0 Å². The second-order valence-electron chi connectivity index (χ2n) is 7.59. The van der Waals surface area contributed by atoms with Crippen LogP contribution in [-0.2, 0) is 19.1 Å². The summed E-state index contributed by atoms with van der Waals surface area (Å²) >= 11 is 0. The van der Waals surface area contributed by atoms with Crippen LogP contribution in [0.3, 0.4) is 0 Å². The van der Waals surface area contributed by atoms with Crippen molar-refractivity contribution in [2.45, 2.75) is 32.2 Å². The molecular formula is C25H28N2O6. The van der Waals surface area contributed by atoms with Gasteiger partial charge in [-0.15, -0.1) is 0 Å². The number of carbonyl (C=O) groups is 3. The fourth-order valence-corrected chi connectivity index (χ4v) is 3.59. The van der Waals surface area contributed by atoms with Gasteiger partial charge in [0.05, 0.1) is 37.4 Å². The minimum atomic E-state index is -0.763. The summed E-state index contributed by atoms with van der Waals surface area (Å²) in [6.07, 6.45) is 0.167. The maximum Gasteiger partial charge on any atom is 0.338 e. The third-order valence-electron chi connectivity index (χ3n) is 5.32. The van der Waals surface area contributed by atoms with Crippen LogP contribution >= 0.6 is 0 Å². The molecule has 1 heterocycles. The van der Waals surface area contributed by atoms with Crippen LogP contribution in [0, 0.1) is 0 Å². The van der Waals surface area contributed by atoms with E-state index in [9.17, 15) is 14.4 Å². The minimum absolute atomic E-state index is 0.0353. The molecule has 0 fully saturated rings. The van der Waals surface area contributed by atoms with Crippen LogP contribution in [0.1, 0.15) is 43.4 Å². The number of urea groups is 1. The van der Waals surface area contributed by atoms with E-state index in [4.69, 9.17) is 14.2 Å². The molecule has 2 aromatic rings. The van der Waals surface area contributed by atoms with Crippen LogP contribution in [0.25, 0.3) is 0 Å². The van der Waals surface area contributed by atoms with E-state index in [-0.39, 0.29) is 36.8 Å². The Balaban J connectivity index is 1.80. The second-order valence-corrected chi connectivity index (χ2v) is 7.59. The topological polar surface area (TPSA) is 103 Å². The molecule has 0 saturated carbocycles. The molecule has 0 aromatic heterocycles. The Morgan fingerprint density at radius 2 is 1.73 bits per heavy atom. The zero-order valence-corrected chi connectivity index (χ0v) is 18.9. The van der Waals surface area contributed by atoms with Gasteiger partial charge in [-0.05, 0) is 36.1 Å². The average Bonchev–Trinajstić information content (AvgIpc) is 2.83. The molecule has 8 nitrogen and oxygen atoms in total. The number of hydrogen-bond acceptors (Lipinski definition) is 6. The number of benzene rings is 2. The Morgan fingerprint density at radius 1 is 1.03 bits per heavy atom. The second kappa shape index (κ2) is 11.2. The molecule has 0 saturated heterocycles. The Bertz CT molecular complexity index is 1020. The number of methoxy groups -OCH3 is 1. The van der Waals surface area contributed by atoms with Gasteiger partial charge in [0.2, 0.25) is 0 Å². The highest BCUT2D eigenvalue weighted by molar-refractivity contribution is 5.95. The van der Waals surface area contributed by atoms with Gasteiger partial charge < -0.3 is 24.8 Å². The Morgan fingerprint density at radius 3 is 2.36 bits per heavy atom. The third kappa shape index (κ3) is 6.12. The molecule has 0 aliphatic carbocycles. The number of hydrogen-bond donors (Lipinski definition) is 2. The van der Waals surface area contributed by atoms with Crippen molar-refractivity contribution in [3.05, 3.63) is 77.0 Å². The summed E-state index contributed by atoms with van der Waals surface area (Å²) in [5.74, 6) is -0.431. The highest BCUT2D eigenvalue weighted by Gasteiger charge is 2.34. The number of amides is 2. The van der Waals surface area contributed by atoms with Crippen LogP contribution in [0.2, 0.25) is 0 Å². The minimum Gasteiger partial charge on any atom is -0.497 e. The van der Waals surface area contributed by atoms with Crippen molar-refractivity contribution in [2.75, 3.05) is 20.3 Å². The molecule has 0 unspecified atom stereocenters. The Hall–Kier alpha value is -3.81. The molecular weight excluding hydrogens is 424 g/mol. The molecule has 33 heavy (non-hydrogen) atoms. The van der Waals surface area contributed by atoms with Crippen LogP contribution in [-0.4, -0.2) is 38.3 Å². The van der Waals surface area contributed by atoms with Gasteiger partial charge in [0.1, 0.15) is 12.4 Å². The molecule has 3 rings (SSSR count). The molecule has 0 bridgehead atoms. The maximum atomic E-state index is 12.8. The monoisotopic (exact) mass is 452 g/mol. The summed E-state index contributed by atoms with van der Waals surface area (Å²) in [5.41, 5.74) is 2.06. The molecule has 174 valence electrons. The number of rotatable bonds is 9. The van der Waals surface area contributed by atoms with E-state index in [0.717, 1.165) is 5.56 Å². The first kappa shape index (κ1) is 23.8. The quantitative estimate of drug-likeness (QED) is 0.564. The highest BCUT2D eigenvalue weighted by atomic mass is 16.5. The Kier molecular flexibility index (Phi) is 8.07. The standard InChI is InChI=1S/C25H28N2O6/c1-4-32-24(29)22-20(15-33-21(28)14-16(2)17-8-6-5-7-9-17)26-25(30)27-23(22)18-10-12-19(31-3)13-11-18/h5-13,16,23H,4,14-15H2,1-3H3,(H2,26,27,30)/t16-,23-/m1/s1. The van der Waals surface area contributed by atoms with E-state index >= 15 is 0 Å². The fraction of sp³-hybridized carbons (Fsp3) is 0.320. The number of esters is 2. The van der Waals surface area contributed by atoms with E-state index in [1.807, 2.05) is 37.3 Å². The zero-order valence-electron chi connectivity index (χ0n) is 18.9. The first-order valence-electron chi connectivity index (χ1n) is 10.7. The number of ether oxygens (including phenoxy) is 3. The maximum absolute atomic E-state index is 12.8. The van der Waals surface area contributed by atoms with Crippen molar-refractivity contribution in [1.82, 2.24) is 10.6 Å². The first-order chi connectivity index (χ1) is 15.9. The summed E-state index contributed by atoms with van der Waals surface area (Å²) in [4.78, 5) is 37.6. The smallest absolute Gasteiger partial charge is 0.338 e. The van der Waals surface area contributed by atoms with Gasteiger partial charge in [-0.1, -0.05) is 49.4 Å². The van der Waals surface area contributed by atoms with E-state index in [1.54, 1.807) is 38.3 Å². The SMILES string of the molecule is CCOC(=O)C1=C(COC(=O)C[C@@H](C)c2ccccc2)NC(=O)N[C@@H]1c1ccc(OC)cc1. The van der Waals surface area contributed by atoms with Gasteiger partial charge in [-0.2, -0.15) is 0 Å². The van der Waals surface area contributed by atoms with Crippen LogP contribution < -0.4 is 15.4 Å². The average molecular weight is 453 g/mol. The van der Waals surface area contributed by atoms with E-state index in [1.165, 1.54) is 0 Å². The number of carbonyl (C=O) groups excluding carboxylic acids is 3. The summed E-state index contributed by atoms with van der Waals surface area (Å²) in [6, 6.07) is 15.3. The number of nitrogens with one attached hydrogen (secondary N) is 2. The van der Waals surface area contributed by atoms with Gasteiger partial charge in [-0.25, -0.2) is 9.59 Å². The van der Waals surface area contributed by atoms with Gasteiger partial charge in [-0.3, -0.25) is 4.79 Å². The molecule has 2 N–H and O–H groups in total. The predicted octanol–water partition coefficient (Wildman–Crippen LogP) is 3.60. The van der Waals surface area contributed by atoms with Crippen LogP contribution in [0.15, 0.2) is 65.9 Å². The lowest BCUT2D eigenvalue weighted by atomic mass is 9.95. The van der Waals surface area contributed by atoms with Gasteiger partial charge in [0.15, 0.2) is 0 Å². The molecule has 2 aromatic carbocycles. The van der Waals surface area contributed by atoms with Gasteiger partial charge in [0.25, 0.3) is 0 Å². The fourth-order valence-electron chi connectivity index (χ4n) is 3.59. The van der Waals surface area contributed by atoms with E-state index in [0.29, 0.717) is 11.3 Å². The molecule has 0 radical (unpaired) electrons. The van der Waals surface area contributed by atoms with E-state index < -0.39 is 24.0 Å². The third-order valence-corrected chi connectivity index (χ3v) is 5.32. The Labute approximate surface area is 192 Å². The molecule has 1 aliphatic heterocycles. The van der Waals surface area contributed by atoms with Crippen molar-refractivity contribution >= 4 is 18.0 Å². The lowest BCUT2D eigenvalue weighted by Crippen LogP contribution is -2.47. The van der Waals surface area contributed by atoms with Crippen molar-refractivity contribution in [1.29, 1.82) is 0 Å². The van der Waals surface area contributed by atoms with Crippen molar-refractivity contribution < 1.29 is 28.6 Å². The summed E-state index contributed by atoms with van der Waals surface area (Å²) in [7, 11) is 1.55. The molecule has 1 aliphatic rings. The largest absolute Gasteiger partial charge is 0.497 e. The lowest BCUT2D eigenvalue weighted by molar-refractivity contribution is -0.144. The normalized spacial score (nSPS) is 16.3. The first-order valence-corrected chi connectivity index (χ1v) is 10.7. The zero-order chi connectivity index (χ0) is 23.8. The van der Waals surface area contributed by atoms with Gasteiger partial charge >= 0.3 is 18.0 Å². The van der Waals surface area contributed by atoms with Crippen molar-refractivity contribution in [3.8, 4) is 5.75 Å². The predicted molar refractivity (Wildman–Crippen MR) is 121 cm³/mol. The molecule has 2 atom stereocenters.